The van der Waals surface area contributed by atoms with Crippen molar-refractivity contribution in [3.05, 3.63) is 76.9 Å². The van der Waals surface area contributed by atoms with Crippen molar-refractivity contribution >= 4 is 11.6 Å². The van der Waals surface area contributed by atoms with E-state index >= 15 is 0 Å². The van der Waals surface area contributed by atoms with Gasteiger partial charge in [0.15, 0.2) is 11.5 Å². The molecule has 7 rings (SSSR count). The summed E-state index contributed by atoms with van der Waals surface area (Å²) in [5.41, 5.74) is 4.20. The molecule has 6 heteroatoms. The van der Waals surface area contributed by atoms with Crippen LogP contribution in [0.3, 0.4) is 0 Å². The van der Waals surface area contributed by atoms with E-state index in [1.54, 1.807) is 0 Å². The molecule has 1 atom stereocenters. The predicted molar refractivity (Wildman–Crippen MR) is 117 cm³/mol. The molecule has 0 aromatic heterocycles. The van der Waals surface area contributed by atoms with Crippen LogP contribution in [0, 0.1) is 0 Å². The summed E-state index contributed by atoms with van der Waals surface area (Å²) in [7, 11) is 0. The van der Waals surface area contributed by atoms with Crippen molar-refractivity contribution in [1.82, 2.24) is 0 Å². The van der Waals surface area contributed by atoms with Crippen LogP contribution in [0.25, 0.3) is 0 Å². The van der Waals surface area contributed by atoms with Crippen molar-refractivity contribution in [3.63, 3.8) is 0 Å². The largest absolute Gasteiger partial charge is 0.493 e. The molecular weight excluding hydrogens is 406 g/mol. The number of amides is 1. The number of fused-ring (bicyclic) bond motifs is 6. The molecule has 0 aliphatic carbocycles. The summed E-state index contributed by atoms with van der Waals surface area (Å²) < 4.78 is 23.2. The Labute approximate surface area is 185 Å². The van der Waals surface area contributed by atoms with Gasteiger partial charge in [-0.15, -0.1) is 0 Å². The molecule has 4 aliphatic heterocycles. The Bertz CT molecular complexity index is 1290. The maximum atomic E-state index is 14.1. The first kappa shape index (κ1) is 18.0. The second-order valence-electron chi connectivity index (χ2n) is 8.64. The summed E-state index contributed by atoms with van der Waals surface area (Å²) >= 11 is 0. The van der Waals surface area contributed by atoms with E-state index < -0.39 is 5.41 Å². The third-order valence-corrected chi connectivity index (χ3v) is 6.91. The Balaban J connectivity index is 1.32. The van der Waals surface area contributed by atoms with Crippen LogP contribution in [0.15, 0.2) is 54.6 Å². The molecule has 0 bridgehead atoms. The quantitative estimate of drug-likeness (QED) is 0.625. The molecule has 32 heavy (non-hydrogen) atoms. The third kappa shape index (κ3) is 2.32. The zero-order valence-corrected chi connectivity index (χ0v) is 17.4. The fourth-order valence-electron chi connectivity index (χ4n) is 5.37. The second kappa shape index (κ2) is 6.42. The minimum atomic E-state index is -0.822. The molecule has 6 nitrogen and oxygen atoms in total. The van der Waals surface area contributed by atoms with Gasteiger partial charge in [0.05, 0.1) is 13.2 Å². The highest BCUT2D eigenvalue weighted by atomic mass is 16.6. The molecule has 4 heterocycles. The highest BCUT2D eigenvalue weighted by molar-refractivity contribution is 6.11. The van der Waals surface area contributed by atoms with Crippen molar-refractivity contribution in [1.29, 1.82) is 0 Å². The molecular formula is C26H21NO5. The zero-order valence-electron chi connectivity index (χ0n) is 17.4. The van der Waals surface area contributed by atoms with Gasteiger partial charge >= 0.3 is 0 Å². The Hall–Kier alpha value is -3.67. The van der Waals surface area contributed by atoms with Crippen LogP contribution in [0.2, 0.25) is 0 Å². The average molecular weight is 427 g/mol. The number of para-hydroxylation sites is 1. The molecule has 0 fully saturated rings. The van der Waals surface area contributed by atoms with Crippen LogP contribution in [-0.2, 0) is 23.2 Å². The van der Waals surface area contributed by atoms with E-state index in [0.29, 0.717) is 33.0 Å². The summed E-state index contributed by atoms with van der Waals surface area (Å²) in [6.45, 7) is 2.52. The predicted octanol–water partition coefficient (Wildman–Crippen LogP) is 3.62. The van der Waals surface area contributed by atoms with Gasteiger partial charge in [-0.25, -0.2) is 0 Å². The summed E-state index contributed by atoms with van der Waals surface area (Å²) in [5, 5.41) is 0. The van der Waals surface area contributed by atoms with Crippen LogP contribution < -0.4 is 23.8 Å². The van der Waals surface area contributed by atoms with Gasteiger partial charge < -0.3 is 23.8 Å². The number of benzene rings is 3. The first-order valence-electron chi connectivity index (χ1n) is 11.0. The Morgan fingerprint density at radius 2 is 1.62 bits per heavy atom. The van der Waals surface area contributed by atoms with Gasteiger partial charge in [0.2, 0.25) is 5.91 Å². The lowest BCUT2D eigenvalue weighted by atomic mass is 9.76. The van der Waals surface area contributed by atoms with E-state index in [-0.39, 0.29) is 5.91 Å². The third-order valence-electron chi connectivity index (χ3n) is 6.91. The Kier molecular flexibility index (Phi) is 3.60. The molecule has 0 N–H and O–H groups in total. The van der Waals surface area contributed by atoms with E-state index in [1.165, 1.54) is 0 Å². The van der Waals surface area contributed by atoms with Crippen LogP contribution in [0.4, 0.5) is 5.69 Å². The van der Waals surface area contributed by atoms with Crippen LogP contribution in [0.5, 0.6) is 23.0 Å². The molecule has 3 aromatic carbocycles. The van der Waals surface area contributed by atoms with Crippen LogP contribution in [-0.4, -0.2) is 32.3 Å². The normalized spacial score (nSPS) is 21.8. The lowest BCUT2D eigenvalue weighted by Gasteiger charge is -2.24. The first-order chi connectivity index (χ1) is 15.7. The Morgan fingerprint density at radius 3 is 2.56 bits per heavy atom. The maximum Gasteiger partial charge on any atom is 0.246 e. The van der Waals surface area contributed by atoms with Gasteiger partial charge in [-0.3, -0.25) is 4.79 Å². The molecule has 1 amide bonds. The van der Waals surface area contributed by atoms with Gasteiger partial charge in [-0.05, 0) is 41.0 Å². The van der Waals surface area contributed by atoms with Crippen LogP contribution in [0.1, 0.15) is 22.3 Å². The molecule has 0 radical (unpaired) electrons. The van der Waals surface area contributed by atoms with Gasteiger partial charge in [-0.2, -0.15) is 0 Å². The fourth-order valence-corrected chi connectivity index (χ4v) is 5.37. The van der Waals surface area contributed by atoms with Crippen molar-refractivity contribution in [3.8, 4) is 23.0 Å². The minimum absolute atomic E-state index is 0.0474. The maximum absolute atomic E-state index is 14.1. The standard InChI is InChI=1S/C26H21NO5/c28-25-26(15-32-23-13-22-17(7-8-29-22)12-19(23)26)18-3-1-2-4-20(18)27(25)14-16-5-6-21-24(11-16)31-10-9-30-21/h1-6,11-13H,7-10,14-15H2. The monoisotopic (exact) mass is 427 g/mol. The molecule has 3 aromatic rings. The summed E-state index contributed by atoms with van der Waals surface area (Å²) in [4.78, 5) is 16.0. The van der Waals surface area contributed by atoms with Crippen LogP contribution >= 0.6 is 0 Å². The number of nitrogens with zero attached hydrogens (tertiary/aromatic N) is 1. The van der Waals surface area contributed by atoms with Crippen molar-refractivity contribution in [2.75, 3.05) is 31.3 Å². The van der Waals surface area contributed by atoms with Gasteiger partial charge in [0, 0.05) is 23.7 Å². The molecule has 0 saturated heterocycles. The second-order valence-corrected chi connectivity index (χ2v) is 8.64. The number of carbonyl (C=O) groups excluding carboxylic acids is 1. The fraction of sp³-hybridized carbons (Fsp3) is 0.269. The number of anilines is 1. The number of ether oxygens (including phenoxy) is 4. The van der Waals surface area contributed by atoms with Gasteiger partial charge in [0.1, 0.15) is 36.7 Å². The zero-order chi connectivity index (χ0) is 21.3. The Morgan fingerprint density at radius 1 is 0.781 bits per heavy atom. The lowest BCUT2D eigenvalue weighted by molar-refractivity contribution is -0.122. The van der Waals surface area contributed by atoms with E-state index in [4.69, 9.17) is 18.9 Å². The summed E-state index contributed by atoms with van der Waals surface area (Å²) in [6, 6.07) is 18.0. The number of hydrogen-bond acceptors (Lipinski definition) is 5. The SMILES string of the molecule is O=C1N(Cc2ccc3c(c2)OCCO3)c2ccccc2C12COc1cc3c(cc12)CCO3. The minimum Gasteiger partial charge on any atom is -0.493 e. The van der Waals surface area contributed by atoms with Crippen molar-refractivity contribution < 1.29 is 23.7 Å². The van der Waals surface area contributed by atoms with Crippen molar-refractivity contribution in [2.24, 2.45) is 0 Å². The average Bonchev–Trinajstić information content (AvgIpc) is 3.50. The highest BCUT2D eigenvalue weighted by Crippen LogP contribution is 2.54. The lowest BCUT2D eigenvalue weighted by Crippen LogP contribution is -2.42. The van der Waals surface area contributed by atoms with Gasteiger partial charge in [0.25, 0.3) is 0 Å². The summed E-state index contributed by atoms with van der Waals surface area (Å²) in [5.74, 6) is 3.14. The number of rotatable bonds is 2. The molecule has 0 saturated carbocycles. The molecule has 4 aliphatic rings. The van der Waals surface area contributed by atoms with Crippen molar-refractivity contribution in [2.45, 2.75) is 18.4 Å². The molecule has 1 unspecified atom stereocenters. The highest BCUT2D eigenvalue weighted by Gasteiger charge is 2.57. The molecule has 1 spiro atoms. The number of carbonyl (C=O) groups is 1. The van der Waals surface area contributed by atoms with E-state index in [0.717, 1.165) is 57.4 Å². The first-order valence-corrected chi connectivity index (χ1v) is 11.0. The van der Waals surface area contributed by atoms with E-state index in [9.17, 15) is 4.79 Å². The number of hydrogen-bond donors (Lipinski definition) is 0. The topological polar surface area (TPSA) is 57.2 Å². The summed E-state index contributed by atoms with van der Waals surface area (Å²) in [6.07, 6.45) is 0.857. The van der Waals surface area contributed by atoms with E-state index in [1.807, 2.05) is 47.4 Å². The van der Waals surface area contributed by atoms with Gasteiger partial charge in [-0.1, -0.05) is 24.3 Å². The smallest absolute Gasteiger partial charge is 0.246 e. The van der Waals surface area contributed by atoms with E-state index in [2.05, 4.69) is 12.1 Å². The molecule has 160 valence electrons.